The van der Waals surface area contributed by atoms with Crippen LogP contribution in [0.2, 0.25) is 0 Å². The standard InChI is InChI=1S/C11H16ClN/c1-2-4-11(12)7-6-10-5-3-8-13-9-10/h3,5,8-9,11H,2,4,6-7H2,1H3. The van der Waals surface area contributed by atoms with E-state index in [-0.39, 0.29) is 0 Å². The number of hydrogen-bond acceptors (Lipinski definition) is 1. The maximum atomic E-state index is 6.11. The molecule has 1 unspecified atom stereocenters. The molecule has 1 aromatic heterocycles. The molecule has 0 spiro atoms. The van der Waals surface area contributed by atoms with E-state index in [1.165, 1.54) is 12.0 Å². The molecule has 0 N–H and O–H groups in total. The number of aromatic nitrogens is 1. The maximum absolute atomic E-state index is 6.11. The van der Waals surface area contributed by atoms with Gasteiger partial charge in [-0.15, -0.1) is 11.6 Å². The second kappa shape index (κ2) is 5.98. The van der Waals surface area contributed by atoms with Crippen LogP contribution in [0.1, 0.15) is 31.7 Å². The highest BCUT2D eigenvalue weighted by molar-refractivity contribution is 6.20. The van der Waals surface area contributed by atoms with Crippen molar-refractivity contribution in [2.75, 3.05) is 0 Å². The minimum absolute atomic E-state index is 0.324. The molecule has 0 aliphatic carbocycles. The van der Waals surface area contributed by atoms with E-state index in [1.807, 2.05) is 12.3 Å². The van der Waals surface area contributed by atoms with E-state index >= 15 is 0 Å². The summed E-state index contributed by atoms with van der Waals surface area (Å²) < 4.78 is 0. The first-order valence-corrected chi connectivity index (χ1v) is 5.29. The van der Waals surface area contributed by atoms with Gasteiger partial charge in [-0.3, -0.25) is 4.98 Å². The van der Waals surface area contributed by atoms with E-state index in [0.29, 0.717) is 5.38 Å². The third-order valence-electron chi connectivity index (χ3n) is 2.07. The molecule has 1 atom stereocenters. The largest absolute Gasteiger partial charge is 0.264 e. The van der Waals surface area contributed by atoms with Crippen LogP contribution in [-0.4, -0.2) is 10.4 Å². The van der Waals surface area contributed by atoms with Crippen LogP contribution in [0.5, 0.6) is 0 Å². The Morgan fingerprint density at radius 3 is 2.92 bits per heavy atom. The molecule has 1 nitrogen and oxygen atoms in total. The smallest absolute Gasteiger partial charge is 0.0339 e. The lowest BCUT2D eigenvalue weighted by atomic mass is 10.1. The highest BCUT2D eigenvalue weighted by Gasteiger charge is 2.02. The SMILES string of the molecule is CCCC(Cl)CCc1cccnc1. The second-order valence-corrected chi connectivity index (χ2v) is 3.90. The maximum Gasteiger partial charge on any atom is 0.0339 e. The quantitative estimate of drug-likeness (QED) is 0.660. The molecule has 0 bridgehead atoms. The summed E-state index contributed by atoms with van der Waals surface area (Å²) in [5.41, 5.74) is 1.28. The van der Waals surface area contributed by atoms with Gasteiger partial charge in [0.15, 0.2) is 0 Å². The monoisotopic (exact) mass is 197 g/mol. The fraction of sp³-hybridized carbons (Fsp3) is 0.545. The van der Waals surface area contributed by atoms with Gasteiger partial charge in [-0.2, -0.15) is 0 Å². The molecule has 0 aromatic carbocycles. The lowest BCUT2D eigenvalue weighted by Gasteiger charge is -2.06. The average Bonchev–Trinajstić information content (AvgIpc) is 2.17. The summed E-state index contributed by atoms with van der Waals surface area (Å²) in [6.45, 7) is 2.17. The first kappa shape index (κ1) is 10.5. The van der Waals surface area contributed by atoms with Gasteiger partial charge >= 0.3 is 0 Å². The zero-order valence-corrected chi connectivity index (χ0v) is 8.80. The number of halogens is 1. The van der Waals surface area contributed by atoms with Crippen molar-refractivity contribution in [3.63, 3.8) is 0 Å². The molecule has 1 heterocycles. The Hall–Kier alpha value is -0.560. The van der Waals surface area contributed by atoms with Crippen molar-refractivity contribution in [1.82, 2.24) is 4.98 Å². The van der Waals surface area contributed by atoms with E-state index in [1.54, 1.807) is 6.20 Å². The molecule has 0 saturated carbocycles. The Kier molecular flexibility index (Phi) is 4.84. The predicted molar refractivity (Wildman–Crippen MR) is 57.1 cm³/mol. The van der Waals surface area contributed by atoms with Crippen LogP contribution in [-0.2, 0) is 6.42 Å². The molecule has 0 saturated heterocycles. The van der Waals surface area contributed by atoms with Gasteiger partial charge in [-0.1, -0.05) is 19.4 Å². The van der Waals surface area contributed by atoms with Crippen molar-refractivity contribution >= 4 is 11.6 Å². The van der Waals surface area contributed by atoms with Crippen molar-refractivity contribution in [3.05, 3.63) is 30.1 Å². The molecule has 0 amide bonds. The first-order chi connectivity index (χ1) is 6.33. The lowest BCUT2D eigenvalue weighted by Crippen LogP contribution is -2.00. The summed E-state index contributed by atoms with van der Waals surface area (Å²) >= 11 is 6.11. The fourth-order valence-corrected chi connectivity index (χ4v) is 1.65. The first-order valence-electron chi connectivity index (χ1n) is 4.86. The topological polar surface area (TPSA) is 12.9 Å². The zero-order chi connectivity index (χ0) is 9.52. The van der Waals surface area contributed by atoms with Gasteiger partial charge in [0.05, 0.1) is 0 Å². The van der Waals surface area contributed by atoms with Gasteiger partial charge in [0.1, 0.15) is 0 Å². The Labute approximate surface area is 85.1 Å². The normalized spacial score (nSPS) is 12.8. The Morgan fingerprint density at radius 2 is 2.31 bits per heavy atom. The van der Waals surface area contributed by atoms with Gasteiger partial charge < -0.3 is 0 Å². The van der Waals surface area contributed by atoms with Gasteiger partial charge in [0, 0.05) is 17.8 Å². The summed E-state index contributed by atoms with van der Waals surface area (Å²) in [5.74, 6) is 0. The summed E-state index contributed by atoms with van der Waals surface area (Å²) in [6.07, 6.45) is 8.09. The van der Waals surface area contributed by atoms with E-state index in [2.05, 4.69) is 18.0 Å². The molecule has 1 aromatic rings. The van der Waals surface area contributed by atoms with E-state index in [9.17, 15) is 0 Å². The van der Waals surface area contributed by atoms with Crippen LogP contribution in [0.15, 0.2) is 24.5 Å². The number of rotatable bonds is 5. The lowest BCUT2D eigenvalue weighted by molar-refractivity contribution is 0.675. The van der Waals surface area contributed by atoms with Gasteiger partial charge in [0.25, 0.3) is 0 Å². The van der Waals surface area contributed by atoms with Crippen LogP contribution in [0.4, 0.5) is 0 Å². The molecule has 72 valence electrons. The summed E-state index contributed by atoms with van der Waals surface area (Å²) in [7, 11) is 0. The number of alkyl halides is 1. The van der Waals surface area contributed by atoms with Crippen LogP contribution in [0, 0.1) is 0 Å². The number of aryl methyl sites for hydroxylation is 1. The van der Waals surface area contributed by atoms with Crippen molar-refractivity contribution < 1.29 is 0 Å². The molecule has 0 aliphatic rings. The number of hydrogen-bond donors (Lipinski definition) is 0. The van der Waals surface area contributed by atoms with Crippen molar-refractivity contribution in [1.29, 1.82) is 0 Å². The van der Waals surface area contributed by atoms with Crippen LogP contribution in [0.25, 0.3) is 0 Å². The highest BCUT2D eigenvalue weighted by atomic mass is 35.5. The molecule has 0 fully saturated rings. The third-order valence-corrected chi connectivity index (χ3v) is 2.51. The molecule has 2 heteroatoms. The van der Waals surface area contributed by atoms with Gasteiger partial charge in [0.2, 0.25) is 0 Å². The third kappa shape index (κ3) is 4.28. The van der Waals surface area contributed by atoms with Crippen LogP contribution < -0.4 is 0 Å². The predicted octanol–water partition coefficient (Wildman–Crippen LogP) is 3.42. The molecule has 13 heavy (non-hydrogen) atoms. The molecule has 0 aliphatic heterocycles. The van der Waals surface area contributed by atoms with Crippen molar-refractivity contribution in [3.8, 4) is 0 Å². The van der Waals surface area contributed by atoms with E-state index in [0.717, 1.165) is 19.3 Å². The second-order valence-electron chi connectivity index (χ2n) is 3.29. The molecular formula is C11H16ClN. The molecular weight excluding hydrogens is 182 g/mol. The Balaban J connectivity index is 2.27. The van der Waals surface area contributed by atoms with Gasteiger partial charge in [-0.25, -0.2) is 0 Å². The fourth-order valence-electron chi connectivity index (χ4n) is 1.33. The average molecular weight is 198 g/mol. The van der Waals surface area contributed by atoms with E-state index < -0.39 is 0 Å². The number of nitrogens with zero attached hydrogens (tertiary/aromatic N) is 1. The Morgan fingerprint density at radius 1 is 1.46 bits per heavy atom. The molecule has 1 rings (SSSR count). The number of pyridine rings is 1. The zero-order valence-electron chi connectivity index (χ0n) is 8.04. The van der Waals surface area contributed by atoms with Crippen molar-refractivity contribution in [2.45, 2.75) is 38.0 Å². The molecule has 0 radical (unpaired) electrons. The summed E-state index contributed by atoms with van der Waals surface area (Å²) in [5, 5.41) is 0.324. The summed E-state index contributed by atoms with van der Waals surface area (Å²) in [6, 6.07) is 4.07. The van der Waals surface area contributed by atoms with Crippen LogP contribution >= 0.6 is 11.6 Å². The highest BCUT2D eigenvalue weighted by Crippen LogP contribution is 2.12. The minimum atomic E-state index is 0.324. The van der Waals surface area contributed by atoms with E-state index in [4.69, 9.17) is 11.6 Å². The van der Waals surface area contributed by atoms with Crippen molar-refractivity contribution in [2.24, 2.45) is 0 Å². The van der Waals surface area contributed by atoms with Gasteiger partial charge in [-0.05, 0) is 30.9 Å². The minimum Gasteiger partial charge on any atom is -0.264 e. The van der Waals surface area contributed by atoms with Crippen LogP contribution in [0.3, 0.4) is 0 Å². The summed E-state index contributed by atoms with van der Waals surface area (Å²) in [4.78, 5) is 4.07. The Bertz CT molecular complexity index is 223.